The number of halogens is 2. The molecule has 21 heavy (non-hydrogen) atoms. The van der Waals surface area contributed by atoms with Crippen molar-refractivity contribution in [2.24, 2.45) is 0 Å². The van der Waals surface area contributed by atoms with Gasteiger partial charge in [0, 0.05) is 22.0 Å². The van der Waals surface area contributed by atoms with E-state index in [4.69, 9.17) is 15.2 Å². The number of nitrogens with two attached hydrogens (primary N) is 1. The third kappa shape index (κ3) is 3.59. The molecule has 0 bridgehead atoms. The van der Waals surface area contributed by atoms with Crippen LogP contribution in [-0.4, -0.2) is 51.2 Å². The first-order valence-corrected chi connectivity index (χ1v) is 9.38. The molecule has 2 aliphatic rings. The first kappa shape index (κ1) is 15.7. The van der Waals surface area contributed by atoms with Crippen molar-refractivity contribution in [1.82, 2.24) is 4.31 Å². The summed E-state index contributed by atoms with van der Waals surface area (Å²) in [4.78, 5) is 0.191. The van der Waals surface area contributed by atoms with Crippen LogP contribution in [0.15, 0.2) is 26.0 Å². The molecule has 2 heterocycles. The predicted octanol–water partition coefficient (Wildman–Crippen LogP) is 1.58. The maximum absolute atomic E-state index is 12.8. The van der Waals surface area contributed by atoms with Gasteiger partial charge in [-0.25, -0.2) is 8.42 Å². The lowest BCUT2D eigenvalue weighted by Gasteiger charge is -2.21. The van der Waals surface area contributed by atoms with Gasteiger partial charge in [-0.05, 0) is 44.0 Å². The van der Waals surface area contributed by atoms with Crippen molar-refractivity contribution in [1.29, 1.82) is 0 Å². The monoisotopic (exact) mass is 440 g/mol. The molecule has 116 valence electrons. The van der Waals surface area contributed by atoms with Crippen molar-refractivity contribution < 1.29 is 17.9 Å². The first-order chi connectivity index (χ1) is 9.88. The third-order valence-corrected chi connectivity index (χ3v) is 6.43. The summed E-state index contributed by atoms with van der Waals surface area (Å²) < 4.78 is 38.4. The molecule has 0 amide bonds. The van der Waals surface area contributed by atoms with Gasteiger partial charge in [-0.1, -0.05) is 0 Å². The summed E-state index contributed by atoms with van der Waals surface area (Å²) in [5, 5.41) is 0. The van der Waals surface area contributed by atoms with E-state index in [-0.39, 0.29) is 17.1 Å². The molecule has 0 radical (unpaired) electrons. The van der Waals surface area contributed by atoms with Gasteiger partial charge in [0.05, 0.1) is 36.0 Å². The molecule has 0 saturated carbocycles. The van der Waals surface area contributed by atoms with Gasteiger partial charge < -0.3 is 15.2 Å². The van der Waals surface area contributed by atoms with Crippen LogP contribution in [0.4, 0.5) is 5.69 Å². The maximum Gasteiger partial charge on any atom is 0.243 e. The summed E-state index contributed by atoms with van der Waals surface area (Å²) in [6.45, 7) is 1.91. The van der Waals surface area contributed by atoms with Gasteiger partial charge in [0.25, 0.3) is 0 Å². The van der Waals surface area contributed by atoms with Crippen LogP contribution in [0.3, 0.4) is 0 Å². The lowest BCUT2D eigenvalue weighted by atomic mass is 10.3. The van der Waals surface area contributed by atoms with Gasteiger partial charge in [-0.15, -0.1) is 0 Å². The number of epoxide rings is 2. The molecule has 0 aromatic heterocycles. The third-order valence-electron chi connectivity index (χ3n) is 3.31. The normalized spacial score (nSPS) is 24.3. The minimum Gasteiger partial charge on any atom is -0.397 e. The quantitative estimate of drug-likeness (QED) is 0.534. The number of sulfonamides is 1. The zero-order valence-corrected chi connectivity index (χ0v) is 14.9. The number of benzene rings is 1. The van der Waals surface area contributed by atoms with Crippen LogP contribution in [0, 0.1) is 0 Å². The number of nitrogen functional groups attached to an aromatic ring is 1. The second-order valence-corrected chi connectivity index (χ2v) is 8.68. The van der Waals surface area contributed by atoms with Gasteiger partial charge in [-0.2, -0.15) is 4.31 Å². The lowest BCUT2D eigenvalue weighted by Crippen LogP contribution is -2.37. The molecule has 1 aromatic carbocycles. The van der Waals surface area contributed by atoms with Crippen LogP contribution in [0.5, 0.6) is 0 Å². The van der Waals surface area contributed by atoms with Crippen molar-refractivity contribution >= 4 is 47.6 Å². The molecule has 2 saturated heterocycles. The molecule has 6 nitrogen and oxygen atoms in total. The summed E-state index contributed by atoms with van der Waals surface area (Å²) in [5.74, 6) is 0. The minimum atomic E-state index is -3.62. The van der Waals surface area contributed by atoms with Crippen molar-refractivity contribution in [3.05, 3.63) is 21.1 Å². The molecule has 2 fully saturated rings. The zero-order valence-electron chi connectivity index (χ0n) is 11.0. The highest BCUT2D eigenvalue weighted by molar-refractivity contribution is 9.11. The molecule has 1 aromatic rings. The highest BCUT2D eigenvalue weighted by Gasteiger charge is 2.37. The summed E-state index contributed by atoms with van der Waals surface area (Å²) in [6, 6.07) is 3.04. The van der Waals surface area contributed by atoms with E-state index in [9.17, 15) is 8.42 Å². The molecular weight excluding hydrogens is 428 g/mol. The molecule has 0 unspecified atom stereocenters. The SMILES string of the molecule is Nc1c(Br)cc(S(=O)(=O)N(C[C@H]2CO2)C[C@H]2CO2)cc1Br. The van der Waals surface area contributed by atoms with Gasteiger partial charge in [-0.3, -0.25) is 0 Å². The highest BCUT2D eigenvalue weighted by Crippen LogP contribution is 2.33. The Balaban J connectivity index is 1.91. The zero-order chi connectivity index (χ0) is 15.2. The van der Waals surface area contributed by atoms with E-state index in [2.05, 4.69) is 31.9 Å². The molecule has 2 atom stereocenters. The first-order valence-electron chi connectivity index (χ1n) is 6.36. The number of rotatable bonds is 6. The fraction of sp³-hybridized carbons (Fsp3) is 0.500. The maximum atomic E-state index is 12.8. The lowest BCUT2D eigenvalue weighted by molar-refractivity contribution is 0.304. The van der Waals surface area contributed by atoms with Crippen molar-refractivity contribution in [2.45, 2.75) is 17.1 Å². The Labute approximate surface area is 139 Å². The predicted molar refractivity (Wildman–Crippen MR) is 84.5 cm³/mol. The summed E-state index contributed by atoms with van der Waals surface area (Å²) >= 11 is 6.56. The topological polar surface area (TPSA) is 88.5 Å². The van der Waals surface area contributed by atoms with Crippen LogP contribution >= 0.6 is 31.9 Å². The van der Waals surface area contributed by atoms with E-state index in [1.807, 2.05) is 0 Å². The number of hydrogen-bond acceptors (Lipinski definition) is 5. The van der Waals surface area contributed by atoms with Gasteiger partial charge in [0.15, 0.2) is 0 Å². The number of anilines is 1. The Kier molecular flexibility index (Phi) is 4.32. The van der Waals surface area contributed by atoms with Crippen LogP contribution in [0.25, 0.3) is 0 Å². The largest absolute Gasteiger partial charge is 0.397 e. The molecule has 2 N–H and O–H groups in total. The second-order valence-electron chi connectivity index (χ2n) is 5.03. The van der Waals surface area contributed by atoms with E-state index in [0.717, 1.165) is 0 Å². The Morgan fingerprint density at radius 2 is 1.57 bits per heavy atom. The van der Waals surface area contributed by atoms with Crippen LogP contribution in [0.1, 0.15) is 0 Å². The average Bonchev–Trinajstić information content (AvgIpc) is 3.29. The molecule has 0 aliphatic carbocycles. The molecule has 0 spiro atoms. The number of ether oxygens (including phenoxy) is 2. The van der Waals surface area contributed by atoms with E-state index >= 15 is 0 Å². The van der Waals surface area contributed by atoms with Crippen LogP contribution in [-0.2, 0) is 19.5 Å². The Morgan fingerprint density at radius 3 is 1.95 bits per heavy atom. The van der Waals surface area contributed by atoms with Crippen molar-refractivity contribution in [2.75, 3.05) is 32.0 Å². The Hall–Kier alpha value is -0.190. The van der Waals surface area contributed by atoms with Crippen LogP contribution < -0.4 is 5.73 Å². The van der Waals surface area contributed by atoms with Gasteiger partial charge >= 0.3 is 0 Å². The van der Waals surface area contributed by atoms with E-state index in [1.165, 1.54) is 16.4 Å². The van der Waals surface area contributed by atoms with Gasteiger partial charge in [0.2, 0.25) is 10.0 Å². The molecule has 3 rings (SSSR count). The fourth-order valence-corrected chi connectivity index (χ4v) is 4.98. The highest BCUT2D eigenvalue weighted by atomic mass is 79.9. The Morgan fingerprint density at radius 1 is 1.14 bits per heavy atom. The molecule has 9 heteroatoms. The number of nitrogens with zero attached hydrogens (tertiary/aromatic N) is 1. The second kappa shape index (κ2) is 5.78. The standard InChI is InChI=1S/C12H14Br2N2O4S/c13-10-1-9(2-11(14)12(10)15)21(17,18)16(3-7-5-19-7)4-8-6-20-8/h1-2,7-8H,3-6,15H2/t7-,8-/m0/s1. The van der Waals surface area contributed by atoms with E-state index in [0.29, 0.717) is 40.9 Å². The van der Waals surface area contributed by atoms with E-state index < -0.39 is 10.0 Å². The van der Waals surface area contributed by atoms with Crippen LogP contribution in [0.2, 0.25) is 0 Å². The number of hydrogen-bond donors (Lipinski definition) is 1. The van der Waals surface area contributed by atoms with Crippen molar-refractivity contribution in [3.8, 4) is 0 Å². The molecular formula is C12H14Br2N2O4S. The summed E-state index contributed by atoms with van der Waals surface area (Å²) in [5.41, 5.74) is 6.28. The van der Waals surface area contributed by atoms with Gasteiger partial charge in [0.1, 0.15) is 0 Å². The minimum absolute atomic E-state index is 0.0146. The fourth-order valence-electron chi connectivity index (χ4n) is 1.93. The Bertz CT molecular complexity index is 622. The van der Waals surface area contributed by atoms with Crippen molar-refractivity contribution in [3.63, 3.8) is 0 Å². The van der Waals surface area contributed by atoms with E-state index in [1.54, 1.807) is 0 Å². The summed E-state index contributed by atoms with van der Waals surface area (Å²) in [7, 11) is -3.62. The molecule has 2 aliphatic heterocycles. The average molecular weight is 442 g/mol. The summed E-state index contributed by atoms with van der Waals surface area (Å²) in [6.07, 6.45) is -0.0293. The smallest absolute Gasteiger partial charge is 0.243 e.